The maximum absolute atomic E-state index is 4.19. The maximum Gasteiger partial charge on any atom is 0.0535 e. The SMILES string of the molecule is CN(C)C(CNCc1cn[nH]c1C(C)(C)C)C1CC1. The van der Waals surface area contributed by atoms with Crippen LogP contribution in [0.3, 0.4) is 0 Å². The molecule has 1 aliphatic carbocycles. The van der Waals surface area contributed by atoms with E-state index in [1.165, 1.54) is 24.1 Å². The molecule has 0 aliphatic heterocycles. The fourth-order valence-corrected chi connectivity index (χ4v) is 2.70. The Balaban J connectivity index is 1.87. The minimum atomic E-state index is 0.130. The van der Waals surface area contributed by atoms with Gasteiger partial charge < -0.3 is 10.2 Å². The van der Waals surface area contributed by atoms with Gasteiger partial charge in [-0.25, -0.2) is 0 Å². The van der Waals surface area contributed by atoms with Crippen molar-refractivity contribution < 1.29 is 0 Å². The van der Waals surface area contributed by atoms with Crippen LogP contribution in [0.2, 0.25) is 0 Å². The summed E-state index contributed by atoms with van der Waals surface area (Å²) in [5.41, 5.74) is 2.67. The van der Waals surface area contributed by atoms with E-state index in [2.05, 4.69) is 55.3 Å². The van der Waals surface area contributed by atoms with E-state index in [4.69, 9.17) is 0 Å². The molecule has 0 amide bonds. The molecular formula is C15H28N4. The topological polar surface area (TPSA) is 44.0 Å². The summed E-state index contributed by atoms with van der Waals surface area (Å²) in [6.07, 6.45) is 4.74. The first-order valence-electron chi connectivity index (χ1n) is 7.29. The zero-order chi connectivity index (χ0) is 14.0. The fourth-order valence-electron chi connectivity index (χ4n) is 2.70. The Bertz CT molecular complexity index is 397. The van der Waals surface area contributed by atoms with Gasteiger partial charge in [0.2, 0.25) is 0 Å². The summed E-state index contributed by atoms with van der Waals surface area (Å²) in [5.74, 6) is 0.897. The fraction of sp³-hybridized carbons (Fsp3) is 0.800. The minimum Gasteiger partial charge on any atom is -0.311 e. The molecule has 1 heterocycles. The Morgan fingerprint density at radius 3 is 2.63 bits per heavy atom. The van der Waals surface area contributed by atoms with Crippen LogP contribution in [0.25, 0.3) is 0 Å². The molecule has 1 fully saturated rings. The van der Waals surface area contributed by atoms with Crippen LogP contribution in [0.5, 0.6) is 0 Å². The molecule has 0 radical (unpaired) electrons. The van der Waals surface area contributed by atoms with Gasteiger partial charge in [-0.2, -0.15) is 5.10 Å². The Morgan fingerprint density at radius 2 is 2.11 bits per heavy atom. The third-order valence-corrected chi connectivity index (χ3v) is 3.97. The van der Waals surface area contributed by atoms with Crippen molar-refractivity contribution in [2.45, 2.75) is 51.6 Å². The summed E-state index contributed by atoms with van der Waals surface area (Å²) in [5, 5.41) is 10.9. The summed E-state index contributed by atoms with van der Waals surface area (Å²) >= 11 is 0. The van der Waals surface area contributed by atoms with E-state index in [0.717, 1.165) is 19.0 Å². The van der Waals surface area contributed by atoms with Gasteiger partial charge in [-0.3, -0.25) is 5.10 Å². The van der Waals surface area contributed by atoms with E-state index in [-0.39, 0.29) is 5.41 Å². The molecule has 4 heteroatoms. The number of hydrogen-bond acceptors (Lipinski definition) is 3. The van der Waals surface area contributed by atoms with Crippen LogP contribution in [-0.4, -0.2) is 41.8 Å². The average Bonchev–Trinajstić information content (AvgIpc) is 3.00. The number of rotatable bonds is 6. The van der Waals surface area contributed by atoms with Gasteiger partial charge in [-0.1, -0.05) is 20.8 Å². The zero-order valence-electron chi connectivity index (χ0n) is 13.0. The predicted molar refractivity (Wildman–Crippen MR) is 79.2 cm³/mol. The minimum absolute atomic E-state index is 0.130. The third kappa shape index (κ3) is 3.80. The average molecular weight is 264 g/mol. The number of aromatic amines is 1. The number of H-pyrrole nitrogens is 1. The number of nitrogens with zero attached hydrogens (tertiary/aromatic N) is 2. The molecule has 1 aromatic rings. The molecule has 108 valence electrons. The van der Waals surface area contributed by atoms with Crippen molar-refractivity contribution in [1.82, 2.24) is 20.4 Å². The Morgan fingerprint density at radius 1 is 1.42 bits per heavy atom. The number of nitrogens with one attached hydrogen (secondary N) is 2. The summed E-state index contributed by atoms with van der Waals surface area (Å²) in [6, 6.07) is 0.671. The molecule has 1 unspecified atom stereocenters. The van der Waals surface area contributed by atoms with Crippen LogP contribution in [-0.2, 0) is 12.0 Å². The van der Waals surface area contributed by atoms with Crippen molar-refractivity contribution in [2.75, 3.05) is 20.6 Å². The second kappa shape index (κ2) is 5.63. The van der Waals surface area contributed by atoms with Crippen LogP contribution in [0, 0.1) is 5.92 Å². The lowest BCUT2D eigenvalue weighted by Gasteiger charge is -2.25. The highest BCUT2D eigenvalue weighted by atomic mass is 15.1. The second-order valence-electron chi connectivity index (χ2n) is 7.02. The molecule has 0 spiro atoms. The van der Waals surface area contributed by atoms with Gasteiger partial charge >= 0.3 is 0 Å². The lowest BCUT2D eigenvalue weighted by Crippen LogP contribution is -2.39. The first-order chi connectivity index (χ1) is 8.89. The molecule has 0 bridgehead atoms. The van der Waals surface area contributed by atoms with E-state index < -0.39 is 0 Å². The predicted octanol–water partition coefficient (Wildman–Crippen LogP) is 2.14. The van der Waals surface area contributed by atoms with Crippen LogP contribution in [0.4, 0.5) is 0 Å². The van der Waals surface area contributed by atoms with Crippen molar-refractivity contribution in [3.8, 4) is 0 Å². The molecule has 2 N–H and O–H groups in total. The normalized spacial score (nSPS) is 18.0. The summed E-state index contributed by atoms with van der Waals surface area (Å²) < 4.78 is 0. The Hall–Kier alpha value is -0.870. The number of aromatic nitrogens is 2. The molecule has 1 aromatic heterocycles. The Kier molecular flexibility index (Phi) is 4.31. The molecule has 2 rings (SSSR count). The zero-order valence-corrected chi connectivity index (χ0v) is 13.0. The second-order valence-corrected chi connectivity index (χ2v) is 7.02. The Labute approximate surface area is 117 Å². The van der Waals surface area contributed by atoms with E-state index in [9.17, 15) is 0 Å². The first kappa shape index (κ1) is 14.5. The summed E-state index contributed by atoms with van der Waals surface area (Å²) in [4.78, 5) is 2.35. The maximum atomic E-state index is 4.19. The number of likely N-dealkylation sites (N-methyl/N-ethyl adjacent to an activating group) is 1. The van der Waals surface area contributed by atoms with Gasteiger partial charge in [0.05, 0.1) is 6.20 Å². The van der Waals surface area contributed by atoms with E-state index in [0.29, 0.717) is 6.04 Å². The molecule has 1 saturated carbocycles. The van der Waals surface area contributed by atoms with Gasteiger partial charge in [-0.05, 0) is 32.9 Å². The first-order valence-corrected chi connectivity index (χ1v) is 7.29. The molecular weight excluding hydrogens is 236 g/mol. The largest absolute Gasteiger partial charge is 0.311 e. The molecule has 1 atom stereocenters. The van der Waals surface area contributed by atoms with E-state index >= 15 is 0 Å². The lowest BCUT2D eigenvalue weighted by molar-refractivity contribution is 0.255. The van der Waals surface area contributed by atoms with Gasteiger partial charge in [0, 0.05) is 35.8 Å². The molecule has 1 aliphatic rings. The van der Waals surface area contributed by atoms with Crippen LogP contribution in [0.1, 0.15) is 44.9 Å². The van der Waals surface area contributed by atoms with E-state index in [1.54, 1.807) is 0 Å². The van der Waals surface area contributed by atoms with Crippen molar-refractivity contribution in [3.63, 3.8) is 0 Å². The van der Waals surface area contributed by atoms with Gasteiger partial charge in [0.1, 0.15) is 0 Å². The van der Waals surface area contributed by atoms with Crippen molar-refractivity contribution in [1.29, 1.82) is 0 Å². The summed E-state index contributed by atoms with van der Waals surface area (Å²) in [7, 11) is 4.37. The van der Waals surface area contributed by atoms with Crippen molar-refractivity contribution >= 4 is 0 Å². The monoisotopic (exact) mass is 264 g/mol. The van der Waals surface area contributed by atoms with Gasteiger partial charge in [0.15, 0.2) is 0 Å². The standard InChI is InChI=1S/C15H28N4/c1-15(2,3)14-12(9-17-18-14)8-16-10-13(19(4)5)11-6-7-11/h9,11,13,16H,6-8,10H2,1-5H3,(H,17,18). The highest BCUT2D eigenvalue weighted by Crippen LogP contribution is 2.34. The number of hydrogen-bond donors (Lipinski definition) is 2. The van der Waals surface area contributed by atoms with Crippen molar-refractivity contribution in [2.24, 2.45) is 5.92 Å². The molecule has 19 heavy (non-hydrogen) atoms. The molecule has 4 nitrogen and oxygen atoms in total. The van der Waals surface area contributed by atoms with E-state index in [1.807, 2.05) is 6.20 Å². The van der Waals surface area contributed by atoms with Gasteiger partial charge in [-0.15, -0.1) is 0 Å². The van der Waals surface area contributed by atoms with Crippen LogP contribution in [0.15, 0.2) is 6.20 Å². The quantitative estimate of drug-likeness (QED) is 0.827. The smallest absolute Gasteiger partial charge is 0.0535 e. The highest BCUT2D eigenvalue weighted by molar-refractivity contribution is 5.23. The lowest BCUT2D eigenvalue weighted by atomic mass is 9.89. The molecule has 0 aromatic carbocycles. The van der Waals surface area contributed by atoms with Gasteiger partial charge in [0.25, 0.3) is 0 Å². The third-order valence-electron chi connectivity index (χ3n) is 3.97. The summed E-state index contributed by atoms with van der Waals surface area (Å²) in [6.45, 7) is 8.62. The van der Waals surface area contributed by atoms with Crippen LogP contribution < -0.4 is 5.32 Å². The van der Waals surface area contributed by atoms with Crippen LogP contribution >= 0.6 is 0 Å². The van der Waals surface area contributed by atoms with Crippen molar-refractivity contribution in [3.05, 3.63) is 17.5 Å². The molecule has 0 saturated heterocycles. The highest BCUT2D eigenvalue weighted by Gasteiger charge is 2.32.